The van der Waals surface area contributed by atoms with Gasteiger partial charge in [-0.2, -0.15) is 0 Å². The van der Waals surface area contributed by atoms with Crippen molar-refractivity contribution in [2.75, 3.05) is 52.7 Å². The summed E-state index contributed by atoms with van der Waals surface area (Å²) in [4.78, 5) is 104. The molecule has 5 unspecified atom stereocenters. The summed E-state index contributed by atoms with van der Waals surface area (Å²) in [5, 5.41) is 16.4. The van der Waals surface area contributed by atoms with Crippen LogP contribution in [0.1, 0.15) is 125 Å². The number of likely N-dealkylation sites (N-methyl/N-ethyl adjacent to an activating group) is 2. The third-order valence-corrected chi connectivity index (χ3v) is 12.2. The van der Waals surface area contributed by atoms with Crippen molar-refractivity contribution >= 4 is 53.4 Å². The summed E-state index contributed by atoms with van der Waals surface area (Å²) in [7, 11) is 3.25. The zero-order chi connectivity index (χ0) is 56.0. The summed E-state index contributed by atoms with van der Waals surface area (Å²) in [5.74, 6) is -2.52. The number of rotatable bonds is 16. The molecule has 0 aliphatic carbocycles. The Balaban J connectivity index is 0.000000604. The van der Waals surface area contributed by atoms with Crippen LogP contribution in [0.25, 0.3) is 0 Å². The Bertz CT molecular complexity index is 2330. The molecule has 3 aromatic carbocycles. The van der Waals surface area contributed by atoms with E-state index in [0.717, 1.165) is 24.3 Å². The first-order valence-corrected chi connectivity index (χ1v) is 25.3. The quantitative estimate of drug-likeness (QED) is 0.0759. The molecule has 8 amide bonds. The van der Waals surface area contributed by atoms with Gasteiger partial charge in [-0.05, 0) is 102 Å². The van der Waals surface area contributed by atoms with E-state index in [9.17, 15) is 38.4 Å². The van der Waals surface area contributed by atoms with Gasteiger partial charge in [0.15, 0.2) is 0 Å². The second kappa shape index (κ2) is 30.4. The number of nitrogens with two attached hydrogens (primary N) is 2. The van der Waals surface area contributed by atoms with Gasteiger partial charge in [0.1, 0.15) is 12.1 Å². The number of nitrogen functional groups attached to an aromatic ring is 1. The molecule has 2 aliphatic heterocycles. The predicted molar refractivity (Wildman–Crippen MR) is 290 cm³/mol. The van der Waals surface area contributed by atoms with Crippen LogP contribution in [0, 0.1) is 25.2 Å². The summed E-state index contributed by atoms with van der Waals surface area (Å²) in [6.45, 7) is 23.7. The lowest BCUT2D eigenvalue weighted by Gasteiger charge is -2.34. The van der Waals surface area contributed by atoms with E-state index < -0.39 is 65.2 Å². The number of amides is 8. The molecule has 2 heterocycles. The highest BCUT2D eigenvalue weighted by molar-refractivity contribution is 6.01. The van der Waals surface area contributed by atoms with Gasteiger partial charge < -0.3 is 58.1 Å². The lowest BCUT2D eigenvalue weighted by molar-refractivity contribution is -0.139. The molecular formula is C55H85N11O8. The van der Waals surface area contributed by atoms with E-state index in [1.54, 1.807) is 27.9 Å². The van der Waals surface area contributed by atoms with Crippen molar-refractivity contribution in [3.05, 3.63) is 100 Å². The topological polar surface area (TPSA) is 270 Å². The number of carbonyl (C=O) groups is 8. The van der Waals surface area contributed by atoms with Crippen LogP contribution >= 0.6 is 0 Å². The van der Waals surface area contributed by atoms with Crippen LogP contribution in [0.3, 0.4) is 0 Å². The fourth-order valence-corrected chi connectivity index (χ4v) is 7.43. The average Bonchev–Trinajstić information content (AvgIpc) is 4.03. The van der Waals surface area contributed by atoms with Crippen LogP contribution in [0.5, 0.6) is 0 Å². The number of nitrogens with one attached hydrogen (secondary N) is 6. The minimum absolute atomic E-state index is 0.0210. The van der Waals surface area contributed by atoms with E-state index in [1.807, 2.05) is 58.9 Å². The Kier molecular flexibility index (Phi) is 26.0. The molecule has 19 heteroatoms. The van der Waals surface area contributed by atoms with Crippen molar-refractivity contribution in [1.29, 1.82) is 0 Å². The molecule has 0 spiro atoms. The summed E-state index contributed by atoms with van der Waals surface area (Å²) in [6, 6.07) is 17.6. The molecule has 0 bridgehead atoms. The summed E-state index contributed by atoms with van der Waals surface area (Å²) >= 11 is 0. The highest BCUT2D eigenvalue weighted by Crippen LogP contribution is 2.25. The van der Waals surface area contributed by atoms with Gasteiger partial charge in [0, 0.05) is 42.5 Å². The van der Waals surface area contributed by atoms with Crippen LogP contribution in [-0.2, 0) is 35.2 Å². The van der Waals surface area contributed by atoms with Gasteiger partial charge in [0.05, 0.1) is 31.3 Å². The Morgan fingerprint density at radius 3 is 1.81 bits per heavy atom. The van der Waals surface area contributed by atoms with Gasteiger partial charge >= 0.3 is 0 Å². The molecule has 0 aromatic heterocycles. The summed E-state index contributed by atoms with van der Waals surface area (Å²) < 4.78 is 0. The standard InChI is InChI=1S/C32H50N10O7.C10H13NO.C9H12.C4H10/c1-17(35-6)27(45)37-14-24(43)42-15-22(13-23(42)26(34)44)38-29(47)19-10-20(12-21(33)11-19)30(48)40-8-9-41(16-40)31(49)25(32(3,4)5)39-28(46)18(2)36-7;1-8-3-5-10(6-4-8)9(2)11-7-12;1-3-9-6-4-8(2)5-7-9;1-4(2)3/h10-12,17-18,22-23,25,35-36H,8-9,13-16,33H2,1-7H3,(H2,34,44)(H,37,45)(H,38,47)(H,39,46);3-7,9H,1-2H3,(H,11,12);4-7H,3H2,1-2H3;4H,1-3H3/t17?,18-,22?,23?,25?;;;/m0.../s1. The number of nitrogens with zero attached hydrogens (tertiary/aromatic N) is 3. The maximum absolute atomic E-state index is 13.6. The average molecular weight is 1030 g/mol. The van der Waals surface area contributed by atoms with Gasteiger partial charge in [0.25, 0.3) is 11.8 Å². The third-order valence-electron chi connectivity index (χ3n) is 12.2. The van der Waals surface area contributed by atoms with Crippen LogP contribution in [0.2, 0.25) is 0 Å². The first-order chi connectivity index (χ1) is 34.7. The smallest absolute Gasteiger partial charge is 0.255 e. The zero-order valence-corrected chi connectivity index (χ0v) is 46.2. The van der Waals surface area contributed by atoms with Crippen molar-refractivity contribution in [1.82, 2.24) is 46.6 Å². The predicted octanol–water partition coefficient (Wildman–Crippen LogP) is 3.58. The molecule has 0 saturated carbocycles. The van der Waals surface area contributed by atoms with Gasteiger partial charge in [-0.15, -0.1) is 0 Å². The normalized spacial score (nSPS) is 16.6. The van der Waals surface area contributed by atoms with Gasteiger partial charge in [0.2, 0.25) is 35.9 Å². The molecule has 2 aliphatic rings. The highest BCUT2D eigenvalue weighted by Gasteiger charge is 2.41. The van der Waals surface area contributed by atoms with E-state index in [-0.39, 0.29) is 73.9 Å². The first kappa shape index (κ1) is 63.3. The number of benzene rings is 3. The summed E-state index contributed by atoms with van der Waals surface area (Å²) in [6.07, 6.45) is 1.92. The molecule has 2 fully saturated rings. The number of primary amides is 1. The van der Waals surface area contributed by atoms with Crippen LogP contribution < -0.4 is 43.4 Å². The Labute approximate surface area is 439 Å². The second-order valence-electron chi connectivity index (χ2n) is 20.6. The van der Waals surface area contributed by atoms with E-state index in [0.29, 0.717) is 0 Å². The van der Waals surface area contributed by atoms with E-state index in [1.165, 1.54) is 49.6 Å². The molecule has 6 atom stereocenters. The summed E-state index contributed by atoms with van der Waals surface area (Å²) in [5.41, 5.74) is 16.5. The maximum atomic E-state index is 13.6. The number of anilines is 1. The van der Waals surface area contributed by atoms with Crippen LogP contribution in [-0.4, -0.2) is 140 Å². The van der Waals surface area contributed by atoms with Crippen molar-refractivity contribution in [2.45, 2.75) is 132 Å². The largest absolute Gasteiger partial charge is 0.399 e. The van der Waals surface area contributed by atoms with Crippen LogP contribution in [0.15, 0.2) is 66.7 Å². The SMILES string of the molecule is CC(C)C.CCc1ccc(C)cc1.CNC(C)C(=O)NCC(=O)N1CC(NC(=O)c2cc(N)cc(C(=O)N3CCN(C(=O)C(NC(=O)[C@H](C)NC)C(C)(C)C)C3)c2)CC1C(N)=O.Cc1ccc(C(C)NC=O)cc1. The molecule has 408 valence electrons. The molecule has 10 N–H and O–H groups in total. The number of aryl methyl sites for hydroxylation is 3. The number of hydrogen-bond acceptors (Lipinski definition) is 11. The molecule has 3 aromatic rings. The minimum atomic E-state index is -0.992. The Morgan fingerprint density at radius 1 is 0.770 bits per heavy atom. The number of hydrogen-bond donors (Lipinski definition) is 8. The van der Waals surface area contributed by atoms with Crippen molar-refractivity contribution in [2.24, 2.45) is 17.1 Å². The maximum Gasteiger partial charge on any atom is 0.255 e. The van der Waals surface area contributed by atoms with Crippen molar-refractivity contribution in [3.63, 3.8) is 0 Å². The van der Waals surface area contributed by atoms with E-state index in [2.05, 4.69) is 90.8 Å². The van der Waals surface area contributed by atoms with Crippen molar-refractivity contribution in [3.8, 4) is 0 Å². The Hall–Kier alpha value is -6.86. The fourth-order valence-electron chi connectivity index (χ4n) is 7.43. The second-order valence-corrected chi connectivity index (χ2v) is 20.6. The van der Waals surface area contributed by atoms with Gasteiger partial charge in [-0.25, -0.2) is 0 Å². The van der Waals surface area contributed by atoms with E-state index >= 15 is 0 Å². The van der Waals surface area contributed by atoms with Crippen LogP contribution in [0.4, 0.5) is 5.69 Å². The monoisotopic (exact) mass is 1030 g/mol. The minimum Gasteiger partial charge on any atom is -0.399 e. The molecular weight excluding hydrogens is 943 g/mol. The molecule has 74 heavy (non-hydrogen) atoms. The van der Waals surface area contributed by atoms with E-state index in [4.69, 9.17) is 11.5 Å². The lowest BCUT2D eigenvalue weighted by Crippen LogP contribution is -2.57. The zero-order valence-electron chi connectivity index (χ0n) is 46.2. The molecule has 2 saturated heterocycles. The Morgan fingerprint density at radius 2 is 1.30 bits per heavy atom. The highest BCUT2D eigenvalue weighted by atomic mass is 16.2. The first-order valence-electron chi connectivity index (χ1n) is 25.3. The molecule has 5 rings (SSSR count). The van der Waals surface area contributed by atoms with Gasteiger partial charge in [-0.3, -0.25) is 38.4 Å². The molecule has 19 nitrogen and oxygen atoms in total. The fraction of sp³-hybridized carbons (Fsp3) is 0.527. The number of likely N-dealkylation sites (tertiary alicyclic amines) is 1. The van der Waals surface area contributed by atoms with Gasteiger partial charge in [-0.1, -0.05) is 108 Å². The molecule has 0 radical (unpaired) electrons. The lowest BCUT2D eigenvalue weighted by atomic mass is 9.85. The number of carbonyl (C=O) groups excluding carboxylic acids is 8. The third kappa shape index (κ3) is 20.6. The van der Waals surface area contributed by atoms with Crippen molar-refractivity contribution < 1.29 is 38.4 Å².